The van der Waals surface area contributed by atoms with Crippen molar-refractivity contribution in [1.82, 2.24) is 19.5 Å². The lowest BCUT2D eigenvalue weighted by atomic mass is 10.2. The molecule has 9 heteroatoms. The van der Waals surface area contributed by atoms with Gasteiger partial charge in [-0.2, -0.15) is 9.61 Å². The molecular formula is C15H18N4O4S. The molecule has 1 amide bonds. The molecular weight excluding hydrogens is 332 g/mol. The van der Waals surface area contributed by atoms with E-state index < -0.39 is 5.97 Å². The number of carbonyl (C=O) groups is 2. The van der Waals surface area contributed by atoms with Crippen LogP contribution in [0.5, 0.6) is 0 Å². The molecule has 3 rings (SSSR count). The van der Waals surface area contributed by atoms with Gasteiger partial charge in [-0.15, -0.1) is 0 Å². The molecule has 0 radical (unpaired) electrons. The first-order valence-corrected chi connectivity index (χ1v) is 8.64. The molecule has 2 aromatic heterocycles. The van der Waals surface area contributed by atoms with Crippen LogP contribution in [0, 0.1) is 6.92 Å². The molecule has 128 valence electrons. The topological polar surface area (TPSA) is 93.9 Å². The van der Waals surface area contributed by atoms with E-state index in [1.165, 1.54) is 21.9 Å². The standard InChI is InChI=1S/C15H18N4O4S/c1-10-7-13(21)19-15(16-10)24-11(17-19)9-23-14(22)8-18-6-4-2-3-5-12(18)20/h7H,2-6,8-9H2,1H3. The zero-order chi connectivity index (χ0) is 17.1. The number of carbonyl (C=O) groups excluding carboxylic acids is 2. The van der Waals surface area contributed by atoms with Gasteiger partial charge in [0.15, 0.2) is 5.01 Å². The Kier molecular flexibility index (Phi) is 4.89. The van der Waals surface area contributed by atoms with Crippen molar-refractivity contribution in [1.29, 1.82) is 0 Å². The molecule has 1 aliphatic rings. The van der Waals surface area contributed by atoms with E-state index in [4.69, 9.17) is 4.74 Å². The molecule has 0 bridgehead atoms. The molecule has 0 aromatic carbocycles. The minimum absolute atomic E-state index is 0.00401. The van der Waals surface area contributed by atoms with Gasteiger partial charge in [0.05, 0.1) is 0 Å². The van der Waals surface area contributed by atoms with Crippen LogP contribution < -0.4 is 5.56 Å². The van der Waals surface area contributed by atoms with E-state index in [1.54, 1.807) is 11.8 Å². The molecule has 0 spiro atoms. The van der Waals surface area contributed by atoms with Crippen molar-refractivity contribution in [3.05, 3.63) is 27.1 Å². The Bertz CT molecular complexity index is 828. The normalized spacial score (nSPS) is 15.5. The summed E-state index contributed by atoms with van der Waals surface area (Å²) >= 11 is 1.20. The quantitative estimate of drug-likeness (QED) is 0.761. The fourth-order valence-electron chi connectivity index (χ4n) is 2.57. The number of rotatable bonds is 4. The first-order valence-electron chi connectivity index (χ1n) is 7.83. The number of hydrogen-bond acceptors (Lipinski definition) is 7. The van der Waals surface area contributed by atoms with Gasteiger partial charge in [-0.3, -0.25) is 14.4 Å². The summed E-state index contributed by atoms with van der Waals surface area (Å²) < 4.78 is 6.39. The lowest BCUT2D eigenvalue weighted by Gasteiger charge is -2.18. The second-order valence-electron chi connectivity index (χ2n) is 5.71. The SMILES string of the molecule is Cc1cc(=O)n2nc(COC(=O)CN3CCCCCC3=O)sc2n1. The number of amides is 1. The summed E-state index contributed by atoms with van der Waals surface area (Å²) in [6, 6.07) is 1.40. The minimum atomic E-state index is -0.471. The van der Waals surface area contributed by atoms with E-state index in [0.717, 1.165) is 19.3 Å². The Hall–Kier alpha value is -2.29. The van der Waals surface area contributed by atoms with Gasteiger partial charge in [0.1, 0.15) is 13.2 Å². The number of likely N-dealkylation sites (tertiary alicyclic amines) is 1. The summed E-state index contributed by atoms with van der Waals surface area (Å²) in [7, 11) is 0. The predicted molar refractivity (Wildman–Crippen MR) is 86.7 cm³/mol. The molecule has 24 heavy (non-hydrogen) atoms. The van der Waals surface area contributed by atoms with Crippen molar-refractivity contribution >= 4 is 28.2 Å². The van der Waals surface area contributed by atoms with E-state index in [9.17, 15) is 14.4 Å². The van der Waals surface area contributed by atoms with Crippen LogP contribution in [-0.2, 0) is 20.9 Å². The maximum Gasteiger partial charge on any atom is 0.326 e. The van der Waals surface area contributed by atoms with Crippen LogP contribution in [0.25, 0.3) is 4.96 Å². The van der Waals surface area contributed by atoms with Crippen LogP contribution >= 0.6 is 11.3 Å². The van der Waals surface area contributed by atoms with Gasteiger partial charge in [0.25, 0.3) is 5.56 Å². The molecule has 0 unspecified atom stereocenters. The number of fused-ring (bicyclic) bond motifs is 1. The summed E-state index contributed by atoms with van der Waals surface area (Å²) in [5, 5.41) is 4.59. The highest BCUT2D eigenvalue weighted by molar-refractivity contribution is 7.16. The van der Waals surface area contributed by atoms with Crippen molar-refractivity contribution in [3.8, 4) is 0 Å². The van der Waals surface area contributed by atoms with Gasteiger partial charge in [-0.1, -0.05) is 17.8 Å². The van der Waals surface area contributed by atoms with Crippen LogP contribution in [0.2, 0.25) is 0 Å². The van der Waals surface area contributed by atoms with Crippen molar-refractivity contribution in [2.24, 2.45) is 0 Å². The molecule has 8 nitrogen and oxygen atoms in total. The van der Waals surface area contributed by atoms with Crippen LogP contribution in [0.3, 0.4) is 0 Å². The summed E-state index contributed by atoms with van der Waals surface area (Å²) in [6.45, 7) is 2.25. The largest absolute Gasteiger partial charge is 0.457 e. The Morgan fingerprint density at radius 3 is 3.00 bits per heavy atom. The molecule has 1 fully saturated rings. The summed E-state index contributed by atoms with van der Waals surface area (Å²) in [5.74, 6) is -0.475. The summed E-state index contributed by atoms with van der Waals surface area (Å²) in [5.41, 5.74) is 0.355. The van der Waals surface area contributed by atoms with Gasteiger partial charge < -0.3 is 9.64 Å². The second kappa shape index (κ2) is 7.08. The average molecular weight is 350 g/mol. The number of aryl methyl sites for hydroxylation is 1. The Morgan fingerprint density at radius 1 is 1.33 bits per heavy atom. The van der Waals surface area contributed by atoms with Gasteiger partial charge in [-0.05, 0) is 19.8 Å². The maximum atomic E-state index is 12.0. The third-order valence-corrected chi connectivity index (χ3v) is 4.64. The third-order valence-electron chi connectivity index (χ3n) is 3.76. The van der Waals surface area contributed by atoms with Crippen molar-refractivity contribution < 1.29 is 14.3 Å². The fraction of sp³-hybridized carbons (Fsp3) is 0.533. The van der Waals surface area contributed by atoms with E-state index in [1.807, 2.05) is 0 Å². The Morgan fingerprint density at radius 2 is 2.17 bits per heavy atom. The molecule has 0 N–H and O–H groups in total. The highest BCUT2D eigenvalue weighted by Crippen LogP contribution is 2.14. The molecule has 1 saturated heterocycles. The van der Waals surface area contributed by atoms with Crippen molar-refractivity contribution in [3.63, 3.8) is 0 Å². The van der Waals surface area contributed by atoms with Gasteiger partial charge >= 0.3 is 5.97 Å². The van der Waals surface area contributed by atoms with Crippen LogP contribution in [0.15, 0.2) is 10.9 Å². The molecule has 1 aliphatic heterocycles. The van der Waals surface area contributed by atoms with Crippen LogP contribution in [0.1, 0.15) is 36.4 Å². The molecule has 0 saturated carbocycles. The zero-order valence-electron chi connectivity index (χ0n) is 13.4. The smallest absolute Gasteiger partial charge is 0.326 e. The van der Waals surface area contributed by atoms with E-state index in [2.05, 4.69) is 10.1 Å². The monoisotopic (exact) mass is 350 g/mol. The van der Waals surface area contributed by atoms with Gasteiger partial charge in [0, 0.05) is 24.7 Å². The number of aromatic nitrogens is 3. The Labute approximate surface area is 142 Å². The molecule has 0 atom stereocenters. The maximum absolute atomic E-state index is 12.0. The lowest BCUT2D eigenvalue weighted by molar-refractivity contribution is -0.150. The van der Waals surface area contributed by atoms with Crippen molar-refractivity contribution in [2.75, 3.05) is 13.1 Å². The number of ether oxygens (including phenoxy) is 1. The van der Waals surface area contributed by atoms with Gasteiger partial charge in [0.2, 0.25) is 10.9 Å². The molecule has 2 aromatic rings. The fourth-order valence-corrected chi connectivity index (χ4v) is 3.43. The Balaban J connectivity index is 1.61. The molecule has 0 aliphatic carbocycles. The van der Waals surface area contributed by atoms with E-state index >= 15 is 0 Å². The highest BCUT2D eigenvalue weighted by atomic mass is 32.1. The first kappa shape index (κ1) is 16.6. The average Bonchev–Trinajstić information content (AvgIpc) is 2.84. The number of hydrogen-bond donors (Lipinski definition) is 0. The van der Waals surface area contributed by atoms with Crippen LogP contribution in [-0.4, -0.2) is 44.5 Å². The first-order chi connectivity index (χ1) is 11.5. The number of esters is 1. The highest BCUT2D eigenvalue weighted by Gasteiger charge is 2.20. The predicted octanol–water partition coefficient (Wildman–Crippen LogP) is 0.905. The third kappa shape index (κ3) is 3.78. The summed E-state index contributed by atoms with van der Waals surface area (Å²) in [6.07, 6.45) is 3.27. The van der Waals surface area contributed by atoms with Crippen molar-refractivity contribution in [2.45, 2.75) is 39.2 Å². The lowest BCUT2D eigenvalue weighted by Crippen LogP contribution is -2.35. The second-order valence-corrected chi connectivity index (χ2v) is 6.75. The summed E-state index contributed by atoms with van der Waals surface area (Å²) in [4.78, 5) is 41.9. The van der Waals surface area contributed by atoms with Gasteiger partial charge in [-0.25, -0.2) is 4.98 Å². The van der Waals surface area contributed by atoms with Crippen LogP contribution in [0.4, 0.5) is 0 Å². The minimum Gasteiger partial charge on any atom is -0.457 e. The zero-order valence-corrected chi connectivity index (χ0v) is 14.2. The van der Waals surface area contributed by atoms with E-state index in [-0.39, 0.29) is 24.6 Å². The molecule has 3 heterocycles. The van der Waals surface area contributed by atoms with E-state index in [0.29, 0.717) is 28.6 Å². The number of nitrogens with zero attached hydrogens (tertiary/aromatic N) is 4.